The van der Waals surface area contributed by atoms with Crippen LogP contribution in [0.15, 0.2) is 0 Å². The van der Waals surface area contributed by atoms with E-state index in [0.29, 0.717) is 0 Å². The van der Waals surface area contributed by atoms with Gasteiger partial charge in [-0.05, 0) is 20.8 Å². The number of hydrogen-bond donors (Lipinski definition) is 0. The second kappa shape index (κ2) is 2.28. The molecule has 2 heteroatoms. The lowest BCUT2D eigenvalue weighted by Crippen LogP contribution is -2.18. The lowest BCUT2D eigenvalue weighted by molar-refractivity contribution is -0.116. The number of rotatable bonds is 1. The van der Waals surface area contributed by atoms with Crippen molar-refractivity contribution in [1.82, 2.24) is 0 Å². The monoisotopic (exact) mass is 103 g/mol. The van der Waals surface area contributed by atoms with Crippen molar-refractivity contribution in [3.05, 3.63) is 0 Å². The average molecular weight is 103 g/mol. The molecule has 2 nitrogen and oxygen atoms in total. The summed E-state index contributed by atoms with van der Waals surface area (Å²) in [5, 5.41) is 9.72. The van der Waals surface area contributed by atoms with Gasteiger partial charge in [-0.15, -0.1) is 0 Å². The summed E-state index contributed by atoms with van der Waals surface area (Å²) in [6.45, 7) is 5.12. The molecular weight excluding hydrogens is 92.1 g/mol. The molecule has 43 valence electrons. The van der Waals surface area contributed by atoms with Crippen LogP contribution in [0.5, 0.6) is 0 Å². The fraction of sp³-hybridized carbons (Fsp3) is 1.00. The van der Waals surface area contributed by atoms with E-state index in [2.05, 4.69) is 4.74 Å². The van der Waals surface area contributed by atoms with E-state index in [-0.39, 0.29) is 5.60 Å². The minimum Gasteiger partial charge on any atom is -0.347 e. The van der Waals surface area contributed by atoms with E-state index in [1.165, 1.54) is 0 Å². The van der Waals surface area contributed by atoms with Crippen molar-refractivity contribution in [3.8, 4) is 0 Å². The zero-order chi connectivity index (χ0) is 5.91. The van der Waals surface area contributed by atoms with Crippen molar-refractivity contribution in [1.29, 1.82) is 0 Å². The van der Waals surface area contributed by atoms with Crippen LogP contribution < -0.4 is 0 Å². The molecule has 0 aliphatic carbocycles. The lowest BCUT2D eigenvalue weighted by Gasteiger charge is -2.15. The first kappa shape index (κ1) is 6.92. The molecule has 0 aliphatic rings. The quantitative estimate of drug-likeness (QED) is 0.458. The maximum atomic E-state index is 9.72. The topological polar surface area (TPSA) is 29.1 Å². The van der Waals surface area contributed by atoms with Crippen LogP contribution in [0.4, 0.5) is 0 Å². The average Bonchev–Trinajstić information content (AvgIpc) is 1.30. The van der Waals surface area contributed by atoms with E-state index in [1.54, 1.807) is 0 Å². The van der Waals surface area contributed by atoms with E-state index in [0.717, 1.165) is 0 Å². The van der Waals surface area contributed by atoms with Gasteiger partial charge < -0.3 is 4.74 Å². The van der Waals surface area contributed by atoms with E-state index in [1.807, 2.05) is 20.8 Å². The molecule has 0 saturated heterocycles. The fourth-order valence-corrected chi connectivity index (χ4v) is 0.177. The molecule has 0 fully saturated rings. The normalized spacial score (nSPS) is 12.0. The van der Waals surface area contributed by atoms with Crippen molar-refractivity contribution in [2.45, 2.75) is 26.4 Å². The molecule has 0 amide bonds. The Morgan fingerprint density at radius 1 is 1.43 bits per heavy atom. The van der Waals surface area contributed by atoms with Crippen LogP contribution in [0, 0.1) is 0 Å². The van der Waals surface area contributed by atoms with Gasteiger partial charge in [0.1, 0.15) is 0 Å². The molecule has 1 radical (unpaired) electrons. The molecule has 0 heterocycles. The maximum absolute atomic E-state index is 9.72. The maximum Gasteiger partial charge on any atom is 0.181 e. The van der Waals surface area contributed by atoms with E-state index >= 15 is 0 Å². The Labute approximate surface area is 44.1 Å². The van der Waals surface area contributed by atoms with E-state index < -0.39 is 6.79 Å². The second-order valence-electron chi connectivity index (χ2n) is 2.37. The summed E-state index contributed by atoms with van der Waals surface area (Å²) in [5.41, 5.74) is -0.262. The highest BCUT2D eigenvalue weighted by Gasteiger charge is 2.07. The van der Waals surface area contributed by atoms with Gasteiger partial charge in [0, 0.05) is 0 Å². The number of ether oxygens (including phenoxy) is 1. The van der Waals surface area contributed by atoms with Crippen molar-refractivity contribution < 1.29 is 9.84 Å². The summed E-state index contributed by atoms with van der Waals surface area (Å²) in [6.07, 6.45) is 0. The van der Waals surface area contributed by atoms with Gasteiger partial charge in [-0.3, -0.25) is 0 Å². The van der Waals surface area contributed by atoms with Crippen molar-refractivity contribution in [3.63, 3.8) is 0 Å². The SMILES string of the molecule is CC(C)(C)OC[O]. The highest BCUT2D eigenvalue weighted by atomic mass is 16.6. The largest absolute Gasteiger partial charge is 0.347 e. The van der Waals surface area contributed by atoms with Crippen molar-refractivity contribution in [2.24, 2.45) is 0 Å². The fourth-order valence-electron chi connectivity index (χ4n) is 0.177. The molecule has 0 rings (SSSR count). The highest BCUT2D eigenvalue weighted by Crippen LogP contribution is 2.04. The molecule has 0 saturated carbocycles. The molecule has 0 unspecified atom stereocenters. The minimum atomic E-state index is -0.441. The predicted molar refractivity (Wildman–Crippen MR) is 26.4 cm³/mol. The van der Waals surface area contributed by atoms with Gasteiger partial charge in [0.25, 0.3) is 0 Å². The molecule has 0 aromatic heterocycles. The predicted octanol–water partition coefficient (Wildman–Crippen LogP) is 1.19. The molecule has 0 atom stereocenters. The molecule has 0 N–H and O–H groups in total. The highest BCUT2D eigenvalue weighted by molar-refractivity contribution is 4.55. The van der Waals surface area contributed by atoms with Crippen molar-refractivity contribution >= 4 is 0 Å². The van der Waals surface area contributed by atoms with Gasteiger partial charge in [0.15, 0.2) is 6.79 Å². The zero-order valence-corrected chi connectivity index (χ0v) is 5.02. The Kier molecular flexibility index (Phi) is 2.26. The summed E-state index contributed by atoms with van der Waals surface area (Å²) in [6, 6.07) is 0. The summed E-state index contributed by atoms with van der Waals surface area (Å²) in [7, 11) is 0. The van der Waals surface area contributed by atoms with E-state index in [4.69, 9.17) is 0 Å². The lowest BCUT2D eigenvalue weighted by atomic mass is 10.2. The van der Waals surface area contributed by atoms with Gasteiger partial charge >= 0.3 is 0 Å². The van der Waals surface area contributed by atoms with Gasteiger partial charge in [0.2, 0.25) is 0 Å². The first-order chi connectivity index (χ1) is 3.06. The van der Waals surface area contributed by atoms with Crippen LogP contribution in [0.2, 0.25) is 0 Å². The molecular formula is C5H11O2. The first-order valence-electron chi connectivity index (χ1n) is 2.28. The Morgan fingerprint density at radius 3 is 1.86 bits per heavy atom. The van der Waals surface area contributed by atoms with Crippen LogP contribution in [-0.4, -0.2) is 12.4 Å². The van der Waals surface area contributed by atoms with Gasteiger partial charge in [0.05, 0.1) is 5.60 Å². The summed E-state index contributed by atoms with van der Waals surface area (Å²) in [5.74, 6) is 0. The number of hydrogen-bond acceptors (Lipinski definition) is 1. The standard InChI is InChI=1S/C5H11O2/c1-5(2,3)7-4-6/h4H2,1-3H3. The Hall–Kier alpha value is -0.0800. The minimum absolute atomic E-state index is 0.262. The summed E-state index contributed by atoms with van der Waals surface area (Å²) in [4.78, 5) is 0. The molecule has 0 spiro atoms. The Balaban J connectivity index is 3.15. The zero-order valence-electron chi connectivity index (χ0n) is 5.02. The van der Waals surface area contributed by atoms with Crippen LogP contribution >= 0.6 is 0 Å². The van der Waals surface area contributed by atoms with Crippen LogP contribution in [0.3, 0.4) is 0 Å². The second-order valence-corrected chi connectivity index (χ2v) is 2.37. The Morgan fingerprint density at radius 2 is 1.86 bits per heavy atom. The summed E-state index contributed by atoms with van der Waals surface area (Å²) < 4.78 is 4.67. The van der Waals surface area contributed by atoms with Gasteiger partial charge in [-0.1, -0.05) is 0 Å². The third kappa shape index (κ3) is 5.92. The smallest absolute Gasteiger partial charge is 0.181 e. The third-order valence-corrected chi connectivity index (χ3v) is 0.492. The first-order valence-corrected chi connectivity index (χ1v) is 2.28. The van der Waals surface area contributed by atoms with Crippen LogP contribution in [0.25, 0.3) is 0 Å². The van der Waals surface area contributed by atoms with Crippen molar-refractivity contribution in [2.75, 3.05) is 6.79 Å². The van der Waals surface area contributed by atoms with E-state index in [9.17, 15) is 5.11 Å². The Bertz CT molecular complexity index is 44.5. The molecule has 0 bridgehead atoms. The molecule has 0 aliphatic heterocycles. The van der Waals surface area contributed by atoms with Crippen LogP contribution in [0.1, 0.15) is 20.8 Å². The molecule has 0 aromatic carbocycles. The molecule has 0 aromatic rings. The van der Waals surface area contributed by atoms with Gasteiger partial charge in [-0.2, -0.15) is 0 Å². The summed E-state index contributed by atoms with van der Waals surface area (Å²) >= 11 is 0. The van der Waals surface area contributed by atoms with Crippen LogP contribution in [-0.2, 0) is 9.84 Å². The third-order valence-electron chi connectivity index (χ3n) is 0.492. The van der Waals surface area contributed by atoms with Gasteiger partial charge in [-0.25, -0.2) is 5.11 Å². The molecule has 7 heavy (non-hydrogen) atoms.